The first-order chi connectivity index (χ1) is 8.99. The Morgan fingerprint density at radius 3 is 2.84 bits per heavy atom. The van der Waals surface area contributed by atoms with Crippen LogP contribution in [0, 0.1) is 10.1 Å². The van der Waals surface area contributed by atoms with Crippen molar-refractivity contribution in [2.75, 3.05) is 6.54 Å². The van der Waals surface area contributed by atoms with Crippen LogP contribution in [-0.2, 0) is 4.79 Å². The Hall–Kier alpha value is -1.76. The molecule has 0 saturated carbocycles. The van der Waals surface area contributed by atoms with Crippen molar-refractivity contribution < 1.29 is 14.5 Å². The van der Waals surface area contributed by atoms with Crippen LogP contribution in [0.15, 0.2) is 12.1 Å². The Bertz CT molecular complexity index is 526. The average molecular weight is 282 g/mol. The molecule has 0 N–H and O–H groups in total. The summed E-state index contributed by atoms with van der Waals surface area (Å²) in [6.07, 6.45) is 2.05. The molecule has 0 bridgehead atoms. The van der Waals surface area contributed by atoms with Gasteiger partial charge in [-0.3, -0.25) is 19.7 Å². The van der Waals surface area contributed by atoms with E-state index in [1.165, 1.54) is 19.1 Å². The Labute approximate surface area is 114 Å². The number of carbonyl (C=O) groups is 2. The van der Waals surface area contributed by atoms with Gasteiger partial charge in [-0.1, -0.05) is 11.3 Å². The highest BCUT2D eigenvalue weighted by atomic mass is 32.1. The SMILES string of the molecule is CC(=O)CC1CCCN1C(=O)c1ccc([N+](=O)[O-])s1. The summed E-state index contributed by atoms with van der Waals surface area (Å²) in [6.45, 7) is 2.12. The van der Waals surface area contributed by atoms with Crippen LogP contribution in [0.2, 0.25) is 0 Å². The highest BCUT2D eigenvalue weighted by Crippen LogP contribution is 2.28. The third-order valence-corrected chi connectivity index (χ3v) is 4.17. The van der Waals surface area contributed by atoms with E-state index >= 15 is 0 Å². The summed E-state index contributed by atoms with van der Waals surface area (Å²) in [5.41, 5.74) is 0. The van der Waals surface area contributed by atoms with E-state index in [-0.39, 0.29) is 22.7 Å². The number of hydrogen-bond acceptors (Lipinski definition) is 5. The zero-order valence-corrected chi connectivity index (χ0v) is 11.3. The van der Waals surface area contributed by atoms with Crippen LogP contribution in [-0.4, -0.2) is 34.1 Å². The number of Topliss-reactive ketones (excluding diaryl/α,β-unsaturated/α-hetero) is 1. The molecule has 0 radical (unpaired) electrons. The largest absolute Gasteiger partial charge is 0.335 e. The summed E-state index contributed by atoms with van der Waals surface area (Å²) < 4.78 is 0. The third kappa shape index (κ3) is 2.98. The van der Waals surface area contributed by atoms with Gasteiger partial charge in [0.1, 0.15) is 5.78 Å². The third-order valence-electron chi connectivity index (χ3n) is 3.14. The molecule has 1 atom stereocenters. The molecule has 1 aliphatic rings. The van der Waals surface area contributed by atoms with Gasteiger partial charge in [0, 0.05) is 25.1 Å². The molecule has 6 nitrogen and oxygen atoms in total. The van der Waals surface area contributed by atoms with Crippen LogP contribution in [0.1, 0.15) is 35.9 Å². The van der Waals surface area contributed by atoms with E-state index in [1.54, 1.807) is 4.90 Å². The lowest BCUT2D eigenvalue weighted by Gasteiger charge is -2.23. The number of hydrogen-bond donors (Lipinski definition) is 0. The second-order valence-corrected chi connectivity index (χ2v) is 5.66. The topological polar surface area (TPSA) is 80.5 Å². The number of ketones is 1. The predicted octanol–water partition coefficient (Wildman–Crippen LogP) is 2.24. The van der Waals surface area contributed by atoms with Crippen molar-refractivity contribution in [2.45, 2.75) is 32.2 Å². The van der Waals surface area contributed by atoms with Crippen LogP contribution in [0.3, 0.4) is 0 Å². The number of nitro groups is 1. The summed E-state index contributed by atoms with van der Waals surface area (Å²) >= 11 is 0.882. The molecule has 0 aliphatic carbocycles. The maximum Gasteiger partial charge on any atom is 0.324 e. The van der Waals surface area contributed by atoms with Crippen molar-refractivity contribution in [1.29, 1.82) is 0 Å². The van der Waals surface area contributed by atoms with Crippen molar-refractivity contribution in [1.82, 2.24) is 4.90 Å². The van der Waals surface area contributed by atoms with Gasteiger partial charge in [0.25, 0.3) is 5.91 Å². The molecule has 1 amide bonds. The van der Waals surface area contributed by atoms with E-state index in [4.69, 9.17) is 0 Å². The molecule has 1 fully saturated rings. The number of amides is 1. The molecule has 1 saturated heterocycles. The van der Waals surface area contributed by atoms with Crippen molar-refractivity contribution in [3.8, 4) is 0 Å². The minimum Gasteiger partial charge on any atom is -0.335 e. The molecule has 102 valence electrons. The van der Waals surface area contributed by atoms with Crippen molar-refractivity contribution in [2.24, 2.45) is 0 Å². The van der Waals surface area contributed by atoms with Gasteiger partial charge in [0.2, 0.25) is 0 Å². The molecule has 0 spiro atoms. The molecular weight excluding hydrogens is 268 g/mol. The second kappa shape index (κ2) is 5.48. The van der Waals surface area contributed by atoms with Crippen LogP contribution < -0.4 is 0 Å². The smallest absolute Gasteiger partial charge is 0.324 e. The Morgan fingerprint density at radius 1 is 1.53 bits per heavy atom. The number of rotatable bonds is 4. The summed E-state index contributed by atoms with van der Waals surface area (Å²) in [4.78, 5) is 35.6. The van der Waals surface area contributed by atoms with Crippen LogP contribution >= 0.6 is 11.3 Å². The number of carbonyl (C=O) groups excluding carboxylic acids is 2. The summed E-state index contributed by atoms with van der Waals surface area (Å²) in [6, 6.07) is 2.76. The van der Waals surface area contributed by atoms with Gasteiger partial charge in [-0.05, 0) is 25.8 Å². The second-order valence-electron chi connectivity index (χ2n) is 4.60. The predicted molar refractivity (Wildman–Crippen MR) is 70.3 cm³/mol. The minimum absolute atomic E-state index is 0.0364. The van der Waals surface area contributed by atoms with Gasteiger partial charge in [0.05, 0.1) is 9.80 Å². The van der Waals surface area contributed by atoms with E-state index in [0.717, 1.165) is 24.2 Å². The first-order valence-electron chi connectivity index (χ1n) is 6.03. The molecule has 0 aromatic carbocycles. The fourth-order valence-corrected chi connectivity index (χ4v) is 3.11. The molecule has 2 rings (SSSR count). The highest BCUT2D eigenvalue weighted by molar-refractivity contribution is 7.17. The van der Waals surface area contributed by atoms with Crippen LogP contribution in [0.4, 0.5) is 5.00 Å². The fraction of sp³-hybridized carbons (Fsp3) is 0.500. The molecule has 1 unspecified atom stereocenters. The molecule has 1 aromatic heterocycles. The average Bonchev–Trinajstić information content (AvgIpc) is 2.95. The summed E-state index contributed by atoms with van der Waals surface area (Å²) in [5.74, 6) is -0.149. The van der Waals surface area contributed by atoms with E-state index in [9.17, 15) is 19.7 Å². The fourth-order valence-electron chi connectivity index (χ4n) is 2.33. The Kier molecular flexibility index (Phi) is 3.94. The lowest BCUT2D eigenvalue weighted by molar-refractivity contribution is -0.380. The lowest BCUT2D eigenvalue weighted by atomic mass is 10.1. The van der Waals surface area contributed by atoms with Crippen molar-refractivity contribution in [3.05, 3.63) is 27.1 Å². The molecule has 19 heavy (non-hydrogen) atoms. The maximum absolute atomic E-state index is 12.3. The number of likely N-dealkylation sites (tertiary alicyclic amines) is 1. The van der Waals surface area contributed by atoms with Gasteiger partial charge < -0.3 is 4.90 Å². The van der Waals surface area contributed by atoms with Crippen LogP contribution in [0.5, 0.6) is 0 Å². The van der Waals surface area contributed by atoms with Crippen LogP contribution in [0.25, 0.3) is 0 Å². The molecule has 2 heterocycles. The zero-order valence-electron chi connectivity index (χ0n) is 10.5. The van der Waals surface area contributed by atoms with Crippen molar-refractivity contribution >= 4 is 28.0 Å². The van der Waals surface area contributed by atoms with Gasteiger partial charge in [-0.2, -0.15) is 0 Å². The molecule has 1 aromatic rings. The quantitative estimate of drug-likeness (QED) is 0.626. The summed E-state index contributed by atoms with van der Waals surface area (Å²) in [5, 5.41) is 10.6. The van der Waals surface area contributed by atoms with Gasteiger partial charge >= 0.3 is 5.00 Å². The first kappa shape index (κ1) is 13.7. The summed E-state index contributed by atoms with van der Waals surface area (Å²) in [7, 11) is 0. The maximum atomic E-state index is 12.3. The number of nitrogens with zero attached hydrogens (tertiary/aromatic N) is 2. The van der Waals surface area contributed by atoms with Gasteiger partial charge in [-0.15, -0.1) is 0 Å². The molecule has 1 aliphatic heterocycles. The molecular formula is C12H14N2O4S. The highest BCUT2D eigenvalue weighted by Gasteiger charge is 2.31. The van der Waals surface area contributed by atoms with Crippen molar-refractivity contribution in [3.63, 3.8) is 0 Å². The van der Waals surface area contributed by atoms with Gasteiger partial charge in [0.15, 0.2) is 0 Å². The van der Waals surface area contributed by atoms with Gasteiger partial charge in [-0.25, -0.2) is 0 Å². The Balaban J connectivity index is 2.13. The van der Waals surface area contributed by atoms with E-state index < -0.39 is 4.92 Å². The number of thiophene rings is 1. The molecule has 7 heteroatoms. The van der Waals surface area contributed by atoms with E-state index in [2.05, 4.69) is 0 Å². The van der Waals surface area contributed by atoms with E-state index in [1.807, 2.05) is 0 Å². The van der Waals surface area contributed by atoms with E-state index in [0.29, 0.717) is 17.8 Å². The first-order valence-corrected chi connectivity index (χ1v) is 6.85. The Morgan fingerprint density at radius 2 is 2.26 bits per heavy atom. The monoisotopic (exact) mass is 282 g/mol. The zero-order chi connectivity index (χ0) is 14.0. The lowest BCUT2D eigenvalue weighted by Crippen LogP contribution is -2.36. The standard InChI is InChI=1S/C12H14N2O4S/c1-8(15)7-9-3-2-6-13(9)12(16)10-4-5-11(19-10)14(17)18/h4-5,9H,2-3,6-7H2,1H3. The minimum atomic E-state index is -0.502. The normalized spacial score (nSPS) is 18.6.